The number of anilines is 2. The second kappa shape index (κ2) is 3.97. The number of nitrogen functional groups attached to an aromatic ring is 1. The fraction of sp³-hybridized carbons (Fsp3) is 0.273. The van der Waals surface area contributed by atoms with E-state index in [-0.39, 0.29) is 5.91 Å². The number of aryl methyl sites for hydroxylation is 2. The fourth-order valence-electron chi connectivity index (χ4n) is 1.51. The Morgan fingerprint density at radius 1 is 1.53 bits per heavy atom. The van der Waals surface area contributed by atoms with Gasteiger partial charge >= 0.3 is 0 Å². The van der Waals surface area contributed by atoms with Gasteiger partial charge < -0.3 is 14.8 Å². The minimum absolute atomic E-state index is 0.275. The lowest BCUT2D eigenvalue weighted by Gasteiger charge is -2.02. The number of nitrogens with zero attached hydrogens (tertiary/aromatic N) is 2. The van der Waals surface area contributed by atoms with Crippen LogP contribution in [-0.2, 0) is 7.05 Å². The van der Waals surface area contributed by atoms with Gasteiger partial charge in [0.1, 0.15) is 5.69 Å². The molecule has 0 bridgehead atoms. The van der Waals surface area contributed by atoms with Crippen molar-refractivity contribution >= 4 is 17.5 Å². The molecule has 0 aliphatic rings. The zero-order valence-electron chi connectivity index (χ0n) is 9.94. The summed E-state index contributed by atoms with van der Waals surface area (Å²) in [5, 5.41) is 6.43. The third kappa shape index (κ3) is 2.01. The summed E-state index contributed by atoms with van der Waals surface area (Å²) in [7, 11) is 1.75. The normalized spacial score (nSPS) is 10.5. The van der Waals surface area contributed by atoms with E-state index in [0.717, 1.165) is 11.3 Å². The Labute approximate surface area is 98.4 Å². The standard InChI is InChI=1S/C11H14N4O2/c1-6-7(2)14-17-11(6)13-10(16)9-4-8(12)5-15(9)3/h4-5H,12H2,1-3H3,(H,13,16). The smallest absolute Gasteiger partial charge is 0.274 e. The highest BCUT2D eigenvalue weighted by atomic mass is 16.5. The molecule has 2 rings (SSSR count). The van der Waals surface area contributed by atoms with Crippen molar-refractivity contribution in [3.8, 4) is 0 Å². The molecule has 90 valence electrons. The quantitative estimate of drug-likeness (QED) is 0.823. The lowest BCUT2D eigenvalue weighted by molar-refractivity contribution is 0.101. The van der Waals surface area contributed by atoms with Gasteiger partial charge in [0.25, 0.3) is 5.91 Å². The molecular weight excluding hydrogens is 220 g/mol. The maximum Gasteiger partial charge on any atom is 0.274 e. The molecule has 0 saturated carbocycles. The number of rotatable bonds is 2. The zero-order valence-corrected chi connectivity index (χ0v) is 9.94. The number of carbonyl (C=O) groups excluding carboxylic acids is 1. The summed E-state index contributed by atoms with van der Waals surface area (Å²) in [5.41, 5.74) is 8.20. The van der Waals surface area contributed by atoms with Crippen molar-refractivity contribution in [3.63, 3.8) is 0 Å². The molecule has 2 heterocycles. The third-order valence-electron chi connectivity index (χ3n) is 2.64. The van der Waals surface area contributed by atoms with Crippen molar-refractivity contribution in [1.29, 1.82) is 0 Å². The Bertz CT molecular complexity index is 568. The van der Waals surface area contributed by atoms with Crippen molar-refractivity contribution < 1.29 is 9.32 Å². The van der Waals surface area contributed by atoms with Crippen molar-refractivity contribution in [1.82, 2.24) is 9.72 Å². The molecule has 0 radical (unpaired) electrons. The van der Waals surface area contributed by atoms with Gasteiger partial charge in [-0.25, -0.2) is 0 Å². The van der Waals surface area contributed by atoms with E-state index in [1.807, 2.05) is 13.8 Å². The fourth-order valence-corrected chi connectivity index (χ4v) is 1.51. The van der Waals surface area contributed by atoms with Gasteiger partial charge in [-0.2, -0.15) is 0 Å². The maximum absolute atomic E-state index is 11.9. The molecule has 0 unspecified atom stereocenters. The molecule has 3 N–H and O–H groups in total. The maximum atomic E-state index is 11.9. The van der Waals surface area contributed by atoms with E-state index in [1.54, 1.807) is 23.9 Å². The number of nitrogens with one attached hydrogen (secondary N) is 1. The van der Waals surface area contributed by atoms with Crippen LogP contribution in [0.4, 0.5) is 11.6 Å². The third-order valence-corrected chi connectivity index (χ3v) is 2.64. The van der Waals surface area contributed by atoms with Crippen molar-refractivity contribution in [2.75, 3.05) is 11.1 Å². The van der Waals surface area contributed by atoms with E-state index in [4.69, 9.17) is 10.3 Å². The Kier molecular flexibility index (Phi) is 2.63. The Hall–Kier alpha value is -2.24. The SMILES string of the molecule is Cc1noc(NC(=O)c2cc(N)cn2C)c1C. The lowest BCUT2D eigenvalue weighted by Crippen LogP contribution is -2.15. The summed E-state index contributed by atoms with van der Waals surface area (Å²) in [6.45, 7) is 3.65. The van der Waals surface area contributed by atoms with E-state index < -0.39 is 0 Å². The Balaban J connectivity index is 2.23. The van der Waals surface area contributed by atoms with E-state index >= 15 is 0 Å². The number of amides is 1. The largest absolute Gasteiger partial charge is 0.397 e. The Morgan fingerprint density at radius 2 is 2.24 bits per heavy atom. The average Bonchev–Trinajstić information content (AvgIpc) is 2.75. The molecule has 2 aromatic rings. The van der Waals surface area contributed by atoms with Crippen molar-refractivity contribution in [2.24, 2.45) is 7.05 Å². The van der Waals surface area contributed by atoms with E-state index in [1.165, 1.54) is 0 Å². The molecule has 1 amide bonds. The highest BCUT2D eigenvalue weighted by Gasteiger charge is 2.15. The molecule has 0 aliphatic carbocycles. The molecule has 0 saturated heterocycles. The molecule has 6 nitrogen and oxygen atoms in total. The van der Waals surface area contributed by atoms with Gasteiger partial charge in [-0.1, -0.05) is 5.16 Å². The van der Waals surface area contributed by atoms with Crippen LogP contribution in [0.3, 0.4) is 0 Å². The lowest BCUT2D eigenvalue weighted by atomic mass is 10.3. The number of hydrogen-bond donors (Lipinski definition) is 2. The summed E-state index contributed by atoms with van der Waals surface area (Å²) < 4.78 is 6.67. The van der Waals surface area contributed by atoms with Crippen molar-refractivity contribution in [3.05, 3.63) is 29.2 Å². The van der Waals surface area contributed by atoms with Crippen LogP contribution in [0.2, 0.25) is 0 Å². The molecule has 6 heteroatoms. The molecular formula is C11H14N4O2. The summed E-state index contributed by atoms with van der Waals surface area (Å²) in [5.74, 6) is 0.0933. The average molecular weight is 234 g/mol. The van der Waals surface area contributed by atoms with E-state index in [2.05, 4.69) is 10.5 Å². The summed E-state index contributed by atoms with van der Waals surface area (Å²) in [6.07, 6.45) is 1.67. The van der Waals surface area contributed by atoms with Crippen LogP contribution < -0.4 is 11.1 Å². The number of nitrogens with two attached hydrogens (primary N) is 1. The van der Waals surface area contributed by atoms with Crippen LogP contribution >= 0.6 is 0 Å². The van der Waals surface area contributed by atoms with Crippen LogP contribution in [0, 0.1) is 13.8 Å². The van der Waals surface area contributed by atoms with Gasteiger partial charge in [0.2, 0.25) is 5.88 Å². The predicted molar refractivity (Wildman–Crippen MR) is 63.8 cm³/mol. The van der Waals surface area contributed by atoms with Crippen LogP contribution in [0.5, 0.6) is 0 Å². The van der Waals surface area contributed by atoms with E-state index in [9.17, 15) is 4.79 Å². The number of hydrogen-bond acceptors (Lipinski definition) is 4. The zero-order chi connectivity index (χ0) is 12.6. The molecule has 2 aromatic heterocycles. The first-order valence-corrected chi connectivity index (χ1v) is 5.15. The minimum atomic E-state index is -0.275. The van der Waals surface area contributed by atoms with Crippen LogP contribution in [0.1, 0.15) is 21.7 Å². The van der Waals surface area contributed by atoms with Gasteiger partial charge in [-0.05, 0) is 19.9 Å². The van der Waals surface area contributed by atoms with Gasteiger partial charge in [0, 0.05) is 18.8 Å². The first kappa shape index (κ1) is 11.3. The van der Waals surface area contributed by atoms with Gasteiger partial charge in [-0.3, -0.25) is 10.1 Å². The highest BCUT2D eigenvalue weighted by Crippen LogP contribution is 2.19. The summed E-state index contributed by atoms with van der Waals surface area (Å²) in [6, 6.07) is 1.61. The second-order valence-electron chi connectivity index (χ2n) is 3.95. The molecule has 17 heavy (non-hydrogen) atoms. The first-order valence-electron chi connectivity index (χ1n) is 5.15. The molecule has 0 aliphatic heterocycles. The highest BCUT2D eigenvalue weighted by molar-refractivity contribution is 6.03. The van der Waals surface area contributed by atoms with Crippen LogP contribution in [-0.4, -0.2) is 15.6 Å². The van der Waals surface area contributed by atoms with Gasteiger partial charge in [0.15, 0.2) is 0 Å². The minimum Gasteiger partial charge on any atom is -0.397 e. The van der Waals surface area contributed by atoms with Crippen LogP contribution in [0.15, 0.2) is 16.8 Å². The molecule has 0 fully saturated rings. The van der Waals surface area contributed by atoms with Crippen molar-refractivity contribution in [2.45, 2.75) is 13.8 Å². The number of carbonyl (C=O) groups is 1. The topological polar surface area (TPSA) is 86.1 Å². The van der Waals surface area contributed by atoms with E-state index in [0.29, 0.717) is 17.3 Å². The predicted octanol–water partition coefficient (Wildman–Crippen LogP) is 1.46. The molecule has 0 spiro atoms. The van der Waals surface area contributed by atoms with Gasteiger partial charge in [0.05, 0.1) is 11.4 Å². The second-order valence-corrected chi connectivity index (χ2v) is 3.95. The molecule has 0 aromatic carbocycles. The monoisotopic (exact) mass is 234 g/mol. The molecule has 0 atom stereocenters. The van der Waals surface area contributed by atoms with Crippen LogP contribution in [0.25, 0.3) is 0 Å². The summed E-state index contributed by atoms with van der Waals surface area (Å²) >= 11 is 0. The number of aromatic nitrogens is 2. The van der Waals surface area contributed by atoms with Gasteiger partial charge in [-0.15, -0.1) is 0 Å². The Morgan fingerprint density at radius 3 is 2.71 bits per heavy atom. The summed E-state index contributed by atoms with van der Waals surface area (Å²) in [4.78, 5) is 11.9. The first-order chi connectivity index (χ1) is 7.99.